The van der Waals surface area contributed by atoms with E-state index >= 15 is 0 Å². The fraction of sp³-hybridized carbons (Fsp3) is 0.273. The molecule has 1 N–H and O–H groups in total. The number of rotatable bonds is 2. The first kappa shape index (κ1) is 10.5. The van der Waals surface area contributed by atoms with Crippen LogP contribution in [-0.4, -0.2) is 29.6 Å². The summed E-state index contributed by atoms with van der Waals surface area (Å²) in [6, 6.07) is 6.90. The van der Waals surface area contributed by atoms with Crippen LogP contribution in [0.2, 0.25) is 0 Å². The first-order valence-electron chi connectivity index (χ1n) is 4.88. The zero-order valence-corrected chi connectivity index (χ0v) is 8.71. The van der Waals surface area contributed by atoms with E-state index in [1.807, 2.05) is 0 Å². The third kappa shape index (κ3) is 1.71. The van der Waals surface area contributed by atoms with Crippen LogP contribution in [0.1, 0.15) is 6.92 Å². The number of aliphatic carboxylic acids is 1. The van der Waals surface area contributed by atoms with Crippen LogP contribution < -0.4 is 9.64 Å². The highest BCUT2D eigenvalue weighted by Crippen LogP contribution is 2.33. The number of carboxylic acid groups (broad SMARTS) is 1. The lowest BCUT2D eigenvalue weighted by Gasteiger charge is -2.31. The Bertz CT molecular complexity index is 443. The molecule has 1 amide bonds. The molecule has 1 aliphatic rings. The second-order valence-corrected chi connectivity index (χ2v) is 3.55. The van der Waals surface area contributed by atoms with Gasteiger partial charge in [0.2, 0.25) is 0 Å². The number of nitrogens with zero attached hydrogens (tertiary/aromatic N) is 1. The molecule has 0 radical (unpaired) electrons. The molecule has 0 fully saturated rings. The Balaban J connectivity index is 2.41. The smallest absolute Gasteiger partial charge is 0.323 e. The molecule has 1 aromatic carbocycles. The molecule has 0 unspecified atom stereocenters. The molecule has 0 bridgehead atoms. The highest BCUT2D eigenvalue weighted by Gasteiger charge is 2.32. The fourth-order valence-corrected chi connectivity index (χ4v) is 1.66. The van der Waals surface area contributed by atoms with Crippen molar-refractivity contribution >= 4 is 17.6 Å². The second-order valence-electron chi connectivity index (χ2n) is 3.55. The van der Waals surface area contributed by atoms with Gasteiger partial charge in [-0.05, 0) is 19.1 Å². The Kier molecular flexibility index (Phi) is 2.52. The molecule has 16 heavy (non-hydrogen) atoms. The van der Waals surface area contributed by atoms with Crippen molar-refractivity contribution in [1.82, 2.24) is 0 Å². The number of carbonyl (C=O) groups excluding carboxylic acids is 1. The summed E-state index contributed by atoms with van der Waals surface area (Å²) in [5, 5.41) is 8.76. The maximum absolute atomic E-state index is 11.8. The topological polar surface area (TPSA) is 66.8 Å². The molecule has 1 heterocycles. The van der Waals surface area contributed by atoms with E-state index in [1.54, 1.807) is 31.2 Å². The number of carbonyl (C=O) groups is 2. The summed E-state index contributed by atoms with van der Waals surface area (Å²) < 4.78 is 5.37. The summed E-state index contributed by atoms with van der Waals surface area (Å²) in [6.07, 6.45) is -0.644. The first-order chi connectivity index (χ1) is 7.59. The lowest BCUT2D eigenvalue weighted by atomic mass is 10.2. The summed E-state index contributed by atoms with van der Waals surface area (Å²) in [4.78, 5) is 23.7. The number of anilines is 1. The minimum absolute atomic E-state index is 0.332. The van der Waals surface area contributed by atoms with Crippen molar-refractivity contribution in [3.05, 3.63) is 24.3 Å². The van der Waals surface area contributed by atoms with Crippen molar-refractivity contribution in [2.45, 2.75) is 13.0 Å². The molecule has 1 atom stereocenters. The quantitative estimate of drug-likeness (QED) is 0.805. The molecule has 2 rings (SSSR count). The van der Waals surface area contributed by atoms with Gasteiger partial charge in [0.25, 0.3) is 5.91 Å². The lowest BCUT2D eigenvalue weighted by Crippen LogP contribution is -2.46. The molecular weight excluding hydrogens is 210 g/mol. The average molecular weight is 221 g/mol. The van der Waals surface area contributed by atoms with Crippen molar-refractivity contribution in [1.29, 1.82) is 0 Å². The predicted octanol–water partition coefficient (Wildman–Crippen LogP) is 0.885. The van der Waals surface area contributed by atoms with Crippen LogP contribution in [0, 0.1) is 0 Å². The van der Waals surface area contributed by atoms with E-state index in [4.69, 9.17) is 9.84 Å². The van der Waals surface area contributed by atoms with E-state index in [0.717, 1.165) is 0 Å². The van der Waals surface area contributed by atoms with Crippen LogP contribution in [0.25, 0.3) is 0 Å². The van der Waals surface area contributed by atoms with Crippen molar-refractivity contribution in [3.8, 4) is 5.75 Å². The predicted molar refractivity (Wildman–Crippen MR) is 56.5 cm³/mol. The van der Waals surface area contributed by atoms with Gasteiger partial charge < -0.3 is 9.84 Å². The van der Waals surface area contributed by atoms with Gasteiger partial charge >= 0.3 is 5.97 Å². The minimum atomic E-state index is -1.04. The Morgan fingerprint density at radius 2 is 2.19 bits per heavy atom. The van der Waals surface area contributed by atoms with Gasteiger partial charge in [0.05, 0.1) is 5.69 Å². The molecule has 84 valence electrons. The molecule has 0 aliphatic carbocycles. The summed E-state index contributed by atoms with van der Waals surface area (Å²) in [5.41, 5.74) is 0.507. The van der Waals surface area contributed by atoms with E-state index < -0.39 is 12.1 Å². The van der Waals surface area contributed by atoms with Crippen molar-refractivity contribution in [2.24, 2.45) is 0 Å². The number of ether oxygens (including phenoxy) is 1. The van der Waals surface area contributed by atoms with Gasteiger partial charge in [0.1, 0.15) is 12.3 Å². The van der Waals surface area contributed by atoms with Gasteiger partial charge in [-0.2, -0.15) is 0 Å². The van der Waals surface area contributed by atoms with Crippen molar-refractivity contribution in [2.75, 3.05) is 11.4 Å². The summed E-state index contributed by atoms with van der Waals surface area (Å²) in [6.45, 7) is 1.26. The van der Waals surface area contributed by atoms with Gasteiger partial charge in [-0.3, -0.25) is 14.5 Å². The number of fused-ring (bicyclic) bond motifs is 1. The van der Waals surface area contributed by atoms with E-state index in [1.165, 1.54) is 4.90 Å². The lowest BCUT2D eigenvalue weighted by molar-refractivity contribution is -0.137. The molecule has 0 aromatic heterocycles. The standard InChI is InChI=1S/C11H11NO4/c1-7-11(15)12(6-10(13)14)8-4-2-3-5-9(8)16-7/h2-5,7H,6H2,1H3,(H,13,14)/t7-/m0/s1. The third-order valence-corrected chi connectivity index (χ3v) is 2.37. The monoisotopic (exact) mass is 221 g/mol. The van der Waals surface area contributed by atoms with Crippen LogP contribution in [0.4, 0.5) is 5.69 Å². The van der Waals surface area contributed by atoms with Crippen molar-refractivity contribution < 1.29 is 19.4 Å². The van der Waals surface area contributed by atoms with Crippen LogP contribution in [0.15, 0.2) is 24.3 Å². The maximum atomic E-state index is 11.8. The Hall–Kier alpha value is -2.04. The SMILES string of the molecule is C[C@@H]1Oc2ccccc2N(CC(=O)O)C1=O. The van der Waals surface area contributed by atoms with Crippen LogP contribution >= 0.6 is 0 Å². The highest BCUT2D eigenvalue weighted by atomic mass is 16.5. The molecule has 1 aliphatic heterocycles. The van der Waals surface area contributed by atoms with Gasteiger partial charge in [0, 0.05) is 0 Å². The number of carboxylic acids is 1. The Morgan fingerprint density at radius 1 is 1.50 bits per heavy atom. The first-order valence-corrected chi connectivity index (χ1v) is 4.88. The molecular formula is C11H11NO4. The average Bonchev–Trinajstić information content (AvgIpc) is 2.24. The summed E-state index contributed by atoms with van der Waals surface area (Å²) in [7, 11) is 0. The Morgan fingerprint density at radius 3 is 2.88 bits per heavy atom. The third-order valence-electron chi connectivity index (χ3n) is 2.37. The maximum Gasteiger partial charge on any atom is 0.323 e. The van der Waals surface area contributed by atoms with Gasteiger partial charge in [-0.25, -0.2) is 0 Å². The van der Waals surface area contributed by atoms with E-state index in [0.29, 0.717) is 11.4 Å². The molecule has 0 saturated carbocycles. The van der Waals surface area contributed by atoms with Crippen molar-refractivity contribution in [3.63, 3.8) is 0 Å². The molecule has 0 spiro atoms. The zero-order valence-electron chi connectivity index (χ0n) is 8.71. The highest BCUT2D eigenvalue weighted by molar-refractivity contribution is 6.02. The van der Waals surface area contributed by atoms with Crippen LogP contribution in [0.5, 0.6) is 5.75 Å². The normalized spacial score (nSPS) is 18.9. The van der Waals surface area contributed by atoms with Crippen LogP contribution in [-0.2, 0) is 9.59 Å². The summed E-state index contributed by atoms with van der Waals surface area (Å²) in [5.74, 6) is -0.839. The number of hydrogen-bond donors (Lipinski definition) is 1. The van der Waals surface area contributed by atoms with E-state index in [9.17, 15) is 9.59 Å². The fourth-order valence-electron chi connectivity index (χ4n) is 1.66. The second kappa shape index (κ2) is 3.84. The number of benzene rings is 1. The van der Waals surface area contributed by atoms with Gasteiger partial charge in [-0.15, -0.1) is 0 Å². The van der Waals surface area contributed by atoms with Gasteiger partial charge in [0.15, 0.2) is 6.10 Å². The van der Waals surface area contributed by atoms with E-state index in [-0.39, 0.29) is 12.5 Å². The van der Waals surface area contributed by atoms with Gasteiger partial charge in [-0.1, -0.05) is 12.1 Å². The van der Waals surface area contributed by atoms with E-state index in [2.05, 4.69) is 0 Å². The molecule has 1 aromatic rings. The summed E-state index contributed by atoms with van der Waals surface area (Å²) >= 11 is 0. The largest absolute Gasteiger partial charge is 0.480 e. The minimum Gasteiger partial charge on any atom is -0.480 e. The molecule has 0 saturated heterocycles. The number of amides is 1. The number of para-hydroxylation sites is 2. The van der Waals surface area contributed by atoms with Crippen LogP contribution in [0.3, 0.4) is 0 Å². The Labute approximate surface area is 92.2 Å². The molecule has 5 heteroatoms. The zero-order chi connectivity index (χ0) is 11.7. The molecule has 5 nitrogen and oxygen atoms in total. The number of hydrogen-bond acceptors (Lipinski definition) is 3.